The van der Waals surface area contributed by atoms with Crippen molar-refractivity contribution in [3.05, 3.63) is 24.0 Å². The van der Waals surface area contributed by atoms with Crippen LogP contribution in [0.3, 0.4) is 0 Å². The summed E-state index contributed by atoms with van der Waals surface area (Å²) in [6, 6.07) is 5.42. The Kier molecular flexibility index (Phi) is 6.22. The molecule has 0 fully saturated rings. The fourth-order valence-electron chi connectivity index (χ4n) is 1.19. The van der Waals surface area contributed by atoms with Crippen LogP contribution in [0, 0.1) is 11.3 Å². The zero-order chi connectivity index (χ0) is 13.2. The molecular formula is C12H16N4O2. The highest BCUT2D eigenvalue weighted by molar-refractivity contribution is 5.77. The summed E-state index contributed by atoms with van der Waals surface area (Å²) in [6.07, 6.45) is 1.57. The fraction of sp³-hybridized carbons (Fsp3) is 0.417. The van der Waals surface area contributed by atoms with E-state index in [1.807, 2.05) is 19.1 Å². The minimum Gasteiger partial charge on any atom is -0.482 e. The van der Waals surface area contributed by atoms with Gasteiger partial charge in [-0.25, -0.2) is 0 Å². The Labute approximate surface area is 106 Å². The van der Waals surface area contributed by atoms with Crippen LogP contribution < -0.4 is 15.4 Å². The molecule has 1 aromatic heterocycles. The number of hydrogen-bond acceptors (Lipinski definition) is 5. The molecule has 0 saturated carbocycles. The van der Waals surface area contributed by atoms with Crippen molar-refractivity contribution in [3.63, 3.8) is 0 Å². The quantitative estimate of drug-likeness (QED) is 0.673. The lowest BCUT2D eigenvalue weighted by molar-refractivity contribution is -0.122. The van der Waals surface area contributed by atoms with E-state index in [1.54, 1.807) is 12.3 Å². The SMILES string of the molecule is CCNCc1ccc(OCC(=O)NCC#N)cn1. The molecule has 96 valence electrons. The predicted octanol–water partition coefficient (Wildman–Crippen LogP) is 0.210. The summed E-state index contributed by atoms with van der Waals surface area (Å²) in [4.78, 5) is 15.4. The first-order valence-electron chi connectivity index (χ1n) is 5.68. The summed E-state index contributed by atoms with van der Waals surface area (Å²) >= 11 is 0. The van der Waals surface area contributed by atoms with Crippen molar-refractivity contribution in [1.82, 2.24) is 15.6 Å². The average molecular weight is 248 g/mol. The Morgan fingerprint density at radius 3 is 3.00 bits per heavy atom. The van der Waals surface area contributed by atoms with Crippen LogP contribution in [0.4, 0.5) is 0 Å². The number of nitriles is 1. The molecule has 0 bridgehead atoms. The first-order valence-corrected chi connectivity index (χ1v) is 5.68. The van der Waals surface area contributed by atoms with E-state index < -0.39 is 0 Å². The zero-order valence-electron chi connectivity index (χ0n) is 10.3. The fourth-order valence-corrected chi connectivity index (χ4v) is 1.19. The van der Waals surface area contributed by atoms with Crippen molar-refractivity contribution in [2.75, 3.05) is 19.7 Å². The molecule has 0 saturated heterocycles. The molecule has 6 heteroatoms. The van der Waals surface area contributed by atoms with Gasteiger partial charge in [-0.1, -0.05) is 6.92 Å². The van der Waals surface area contributed by atoms with E-state index >= 15 is 0 Å². The molecule has 1 amide bonds. The molecule has 6 nitrogen and oxygen atoms in total. The first kappa shape index (κ1) is 13.9. The highest BCUT2D eigenvalue weighted by atomic mass is 16.5. The van der Waals surface area contributed by atoms with Crippen LogP contribution in [-0.4, -0.2) is 30.6 Å². The lowest BCUT2D eigenvalue weighted by atomic mass is 10.3. The smallest absolute Gasteiger partial charge is 0.258 e. The molecule has 0 aromatic carbocycles. The molecule has 18 heavy (non-hydrogen) atoms. The first-order chi connectivity index (χ1) is 8.76. The summed E-state index contributed by atoms with van der Waals surface area (Å²) in [5.74, 6) is 0.204. The molecule has 0 aliphatic carbocycles. The van der Waals surface area contributed by atoms with Gasteiger partial charge in [0.2, 0.25) is 0 Å². The largest absolute Gasteiger partial charge is 0.482 e. The van der Waals surface area contributed by atoms with E-state index in [-0.39, 0.29) is 19.1 Å². The number of amides is 1. The summed E-state index contributed by atoms with van der Waals surface area (Å²) in [5, 5.41) is 13.8. The van der Waals surface area contributed by atoms with E-state index in [1.165, 1.54) is 0 Å². The van der Waals surface area contributed by atoms with Crippen molar-refractivity contribution in [2.24, 2.45) is 0 Å². The van der Waals surface area contributed by atoms with Gasteiger partial charge in [0.25, 0.3) is 5.91 Å². The number of rotatable bonds is 7. The second-order valence-electron chi connectivity index (χ2n) is 3.49. The monoisotopic (exact) mass is 248 g/mol. The van der Waals surface area contributed by atoms with Crippen molar-refractivity contribution < 1.29 is 9.53 Å². The lowest BCUT2D eigenvalue weighted by Gasteiger charge is -2.06. The standard InChI is InChI=1S/C12H16N4O2/c1-2-14-7-10-3-4-11(8-16-10)18-9-12(17)15-6-5-13/h3-4,8,14H,2,6-7,9H2,1H3,(H,15,17). The van der Waals surface area contributed by atoms with Gasteiger partial charge in [-0.2, -0.15) is 5.26 Å². The Hall–Kier alpha value is -2.13. The minimum absolute atomic E-state index is 0.0118. The second-order valence-corrected chi connectivity index (χ2v) is 3.49. The summed E-state index contributed by atoms with van der Waals surface area (Å²) in [7, 11) is 0. The molecule has 0 aliphatic heterocycles. The molecule has 0 radical (unpaired) electrons. The third kappa shape index (κ3) is 5.27. The van der Waals surface area contributed by atoms with Crippen LogP contribution in [0.25, 0.3) is 0 Å². The van der Waals surface area contributed by atoms with Crippen molar-refractivity contribution in [3.8, 4) is 11.8 Å². The maximum atomic E-state index is 11.2. The van der Waals surface area contributed by atoms with E-state index in [9.17, 15) is 4.79 Å². The van der Waals surface area contributed by atoms with Crippen LogP contribution in [-0.2, 0) is 11.3 Å². The maximum Gasteiger partial charge on any atom is 0.258 e. The highest BCUT2D eigenvalue weighted by Gasteiger charge is 2.02. The van der Waals surface area contributed by atoms with Gasteiger partial charge >= 0.3 is 0 Å². The lowest BCUT2D eigenvalue weighted by Crippen LogP contribution is -2.29. The highest BCUT2D eigenvalue weighted by Crippen LogP contribution is 2.08. The van der Waals surface area contributed by atoms with Crippen LogP contribution in [0.5, 0.6) is 5.75 Å². The number of pyridine rings is 1. The van der Waals surface area contributed by atoms with E-state index in [2.05, 4.69) is 15.6 Å². The number of carbonyl (C=O) groups is 1. The summed E-state index contributed by atoms with van der Waals surface area (Å²) < 4.78 is 5.22. The molecule has 1 rings (SSSR count). The third-order valence-corrected chi connectivity index (χ3v) is 2.09. The van der Waals surface area contributed by atoms with Crippen molar-refractivity contribution in [1.29, 1.82) is 5.26 Å². The van der Waals surface area contributed by atoms with Crippen molar-refractivity contribution >= 4 is 5.91 Å². The Balaban J connectivity index is 2.35. The maximum absolute atomic E-state index is 11.2. The van der Waals surface area contributed by atoms with Crippen LogP contribution in [0.1, 0.15) is 12.6 Å². The molecule has 0 aliphatic rings. The van der Waals surface area contributed by atoms with E-state index in [0.717, 1.165) is 12.2 Å². The summed E-state index contributed by atoms with van der Waals surface area (Å²) in [6.45, 7) is 3.49. The van der Waals surface area contributed by atoms with Gasteiger partial charge in [-0.3, -0.25) is 9.78 Å². The van der Waals surface area contributed by atoms with Gasteiger partial charge in [-0.05, 0) is 18.7 Å². The number of carbonyl (C=O) groups excluding carboxylic acids is 1. The van der Waals surface area contributed by atoms with Crippen LogP contribution in [0.15, 0.2) is 18.3 Å². The minimum atomic E-state index is -0.326. The van der Waals surface area contributed by atoms with Gasteiger partial charge in [-0.15, -0.1) is 0 Å². The Morgan fingerprint density at radius 2 is 2.39 bits per heavy atom. The second kappa shape index (κ2) is 8.03. The Bertz CT molecular complexity index is 411. The van der Waals surface area contributed by atoms with Gasteiger partial charge in [0.1, 0.15) is 12.3 Å². The number of hydrogen-bond donors (Lipinski definition) is 2. The average Bonchev–Trinajstić information content (AvgIpc) is 2.41. The number of aromatic nitrogens is 1. The number of ether oxygens (including phenoxy) is 1. The molecule has 0 unspecified atom stereocenters. The molecule has 2 N–H and O–H groups in total. The third-order valence-electron chi connectivity index (χ3n) is 2.09. The topological polar surface area (TPSA) is 87.0 Å². The molecular weight excluding hydrogens is 232 g/mol. The predicted molar refractivity (Wildman–Crippen MR) is 65.7 cm³/mol. The normalized spacial score (nSPS) is 9.56. The number of nitrogens with zero attached hydrogens (tertiary/aromatic N) is 2. The van der Waals surface area contributed by atoms with Gasteiger partial charge in [0.05, 0.1) is 18.0 Å². The summed E-state index contributed by atoms with van der Waals surface area (Å²) in [5.41, 5.74) is 0.915. The molecule has 1 heterocycles. The molecule has 1 aromatic rings. The van der Waals surface area contributed by atoms with Gasteiger partial charge < -0.3 is 15.4 Å². The van der Waals surface area contributed by atoms with Gasteiger partial charge in [0, 0.05) is 6.54 Å². The van der Waals surface area contributed by atoms with E-state index in [4.69, 9.17) is 10.00 Å². The zero-order valence-corrected chi connectivity index (χ0v) is 10.3. The van der Waals surface area contributed by atoms with E-state index in [0.29, 0.717) is 12.3 Å². The van der Waals surface area contributed by atoms with Crippen LogP contribution in [0.2, 0.25) is 0 Å². The van der Waals surface area contributed by atoms with Crippen LogP contribution >= 0.6 is 0 Å². The molecule has 0 spiro atoms. The Morgan fingerprint density at radius 1 is 1.56 bits per heavy atom. The number of nitrogens with one attached hydrogen (secondary N) is 2. The van der Waals surface area contributed by atoms with Crippen molar-refractivity contribution in [2.45, 2.75) is 13.5 Å². The molecule has 0 atom stereocenters. The van der Waals surface area contributed by atoms with Gasteiger partial charge in [0.15, 0.2) is 6.61 Å².